The molecule has 4 nitrogen and oxygen atoms in total. The Morgan fingerprint density at radius 3 is 2.55 bits per heavy atom. The largest absolute Gasteiger partial charge is 0.483 e. The smallest absolute Gasteiger partial charge is 0.262 e. The number of rotatable bonds is 10. The molecule has 0 aliphatic rings. The maximum Gasteiger partial charge on any atom is 0.262 e. The minimum Gasteiger partial charge on any atom is -0.483 e. The van der Waals surface area contributed by atoms with Crippen LogP contribution in [0, 0.1) is 6.92 Å². The Hall–Kier alpha value is -2.85. The first kappa shape index (κ1) is 20.9. The minimum absolute atomic E-state index is 0.0188. The molecule has 2 N–H and O–H groups in total. The van der Waals surface area contributed by atoms with Crippen LogP contribution in [-0.4, -0.2) is 19.1 Å². The number of hydrogen-bond donors (Lipinski definition) is 2. The molecular weight excluding hydrogens is 360 g/mol. The lowest BCUT2D eigenvalue weighted by Crippen LogP contribution is -2.21. The molecule has 3 rings (SSSR count). The number of anilines is 1. The topological polar surface area (TPSA) is 50.4 Å². The first-order chi connectivity index (χ1) is 14.2. The van der Waals surface area contributed by atoms with Crippen LogP contribution in [0.2, 0.25) is 0 Å². The van der Waals surface area contributed by atoms with Crippen molar-refractivity contribution in [2.24, 2.45) is 0 Å². The number of ether oxygens (including phenoxy) is 1. The molecule has 1 amide bonds. The Kier molecular flexibility index (Phi) is 7.65. The minimum atomic E-state index is -0.163. The van der Waals surface area contributed by atoms with Gasteiger partial charge in [0.1, 0.15) is 5.75 Å². The fraction of sp³-hybridized carbons (Fsp3) is 0.320. The number of benzene rings is 3. The van der Waals surface area contributed by atoms with Crippen molar-refractivity contribution in [3.05, 3.63) is 71.8 Å². The Morgan fingerprint density at radius 2 is 1.76 bits per heavy atom. The van der Waals surface area contributed by atoms with Crippen molar-refractivity contribution in [1.82, 2.24) is 5.32 Å². The molecule has 0 spiro atoms. The fourth-order valence-corrected chi connectivity index (χ4v) is 3.32. The molecule has 152 valence electrons. The van der Waals surface area contributed by atoms with Gasteiger partial charge < -0.3 is 15.4 Å². The summed E-state index contributed by atoms with van der Waals surface area (Å²) in [5.41, 5.74) is 3.04. The van der Waals surface area contributed by atoms with Gasteiger partial charge in [0.15, 0.2) is 6.61 Å². The van der Waals surface area contributed by atoms with Crippen LogP contribution in [0.3, 0.4) is 0 Å². The summed E-state index contributed by atoms with van der Waals surface area (Å²) < 4.78 is 5.93. The first-order valence-corrected chi connectivity index (χ1v) is 10.4. The lowest BCUT2D eigenvalue weighted by atomic mass is 10.0. The standard InChI is InChI=1S/C25H30N2O2/c1-3-4-7-16-26-17-23-22-9-6-5-8-20(22)12-15-24(23)29-18-25(28)27-21-13-10-19(2)11-14-21/h5-6,8-15,26H,3-4,7,16-18H2,1-2H3,(H,27,28). The predicted molar refractivity (Wildman–Crippen MR) is 120 cm³/mol. The third-order valence-corrected chi connectivity index (χ3v) is 4.95. The van der Waals surface area contributed by atoms with Crippen LogP contribution in [0.1, 0.15) is 37.3 Å². The van der Waals surface area contributed by atoms with Gasteiger partial charge in [-0.25, -0.2) is 0 Å². The summed E-state index contributed by atoms with van der Waals surface area (Å²) in [5.74, 6) is 0.592. The zero-order valence-electron chi connectivity index (χ0n) is 17.3. The molecule has 0 fully saturated rings. The van der Waals surface area contributed by atoms with E-state index in [9.17, 15) is 4.79 Å². The lowest BCUT2D eigenvalue weighted by Gasteiger charge is -2.15. The number of hydrogen-bond acceptors (Lipinski definition) is 3. The van der Waals surface area contributed by atoms with Crippen molar-refractivity contribution in [3.63, 3.8) is 0 Å². The zero-order valence-corrected chi connectivity index (χ0v) is 17.3. The van der Waals surface area contributed by atoms with E-state index in [2.05, 4.69) is 29.7 Å². The van der Waals surface area contributed by atoms with E-state index in [0.717, 1.165) is 47.5 Å². The van der Waals surface area contributed by atoms with Crippen molar-refractivity contribution in [1.29, 1.82) is 0 Å². The summed E-state index contributed by atoms with van der Waals surface area (Å²) in [7, 11) is 0. The van der Waals surface area contributed by atoms with Crippen molar-refractivity contribution in [3.8, 4) is 5.75 Å². The quantitative estimate of drug-likeness (QED) is 0.453. The normalized spacial score (nSPS) is 10.8. The van der Waals surface area contributed by atoms with E-state index in [1.165, 1.54) is 18.2 Å². The molecule has 0 aliphatic carbocycles. The molecule has 0 aliphatic heterocycles. The zero-order chi connectivity index (χ0) is 20.5. The van der Waals surface area contributed by atoms with Gasteiger partial charge in [-0.15, -0.1) is 0 Å². The third kappa shape index (κ3) is 6.06. The summed E-state index contributed by atoms with van der Waals surface area (Å²) in [5, 5.41) is 8.74. The van der Waals surface area contributed by atoms with Gasteiger partial charge in [0.05, 0.1) is 0 Å². The van der Waals surface area contributed by atoms with Gasteiger partial charge in [-0.3, -0.25) is 4.79 Å². The monoisotopic (exact) mass is 390 g/mol. The van der Waals surface area contributed by atoms with Crippen molar-refractivity contribution < 1.29 is 9.53 Å². The van der Waals surface area contributed by atoms with Crippen molar-refractivity contribution in [2.75, 3.05) is 18.5 Å². The van der Waals surface area contributed by atoms with Gasteiger partial charge in [-0.05, 0) is 48.9 Å². The van der Waals surface area contributed by atoms with Gasteiger partial charge in [-0.1, -0.05) is 67.8 Å². The maximum absolute atomic E-state index is 12.3. The summed E-state index contributed by atoms with van der Waals surface area (Å²) >= 11 is 0. The Labute approximate surface area is 173 Å². The first-order valence-electron chi connectivity index (χ1n) is 10.4. The van der Waals surface area contributed by atoms with Crippen molar-refractivity contribution >= 4 is 22.4 Å². The molecule has 29 heavy (non-hydrogen) atoms. The molecule has 0 saturated heterocycles. The van der Waals surface area contributed by atoms with Crippen LogP contribution in [0.25, 0.3) is 10.8 Å². The highest BCUT2D eigenvalue weighted by molar-refractivity contribution is 5.92. The molecule has 0 unspecified atom stereocenters. The number of nitrogens with one attached hydrogen (secondary N) is 2. The second-order valence-electron chi connectivity index (χ2n) is 7.35. The average molecular weight is 391 g/mol. The van der Waals surface area contributed by atoms with Crippen LogP contribution in [0.15, 0.2) is 60.7 Å². The summed E-state index contributed by atoms with van der Waals surface area (Å²) in [6.45, 7) is 5.91. The second-order valence-corrected chi connectivity index (χ2v) is 7.35. The summed E-state index contributed by atoms with van der Waals surface area (Å²) in [4.78, 5) is 12.3. The van der Waals surface area contributed by atoms with Crippen LogP contribution < -0.4 is 15.4 Å². The van der Waals surface area contributed by atoms with Gasteiger partial charge in [-0.2, -0.15) is 0 Å². The Bertz CT molecular complexity index is 935. The fourth-order valence-electron chi connectivity index (χ4n) is 3.32. The molecule has 4 heteroatoms. The molecule has 0 atom stereocenters. The van der Waals surface area contributed by atoms with Gasteiger partial charge in [0.2, 0.25) is 0 Å². The molecule has 3 aromatic carbocycles. The number of aryl methyl sites for hydroxylation is 1. The molecule has 0 radical (unpaired) electrons. The van der Waals surface area contributed by atoms with Gasteiger partial charge in [0.25, 0.3) is 5.91 Å². The number of fused-ring (bicyclic) bond motifs is 1. The van der Waals surface area contributed by atoms with Crippen LogP contribution in [0.4, 0.5) is 5.69 Å². The van der Waals surface area contributed by atoms with Crippen molar-refractivity contribution in [2.45, 2.75) is 39.7 Å². The molecular formula is C25H30N2O2. The summed E-state index contributed by atoms with van der Waals surface area (Å²) in [6, 6.07) is 20.0. The highest BCUT2D eigenvalue weighted by atomic mass is 16.5. The van der Waals surface area contributed by atoms with Gasteiger partial charge >= 0.3 is 0 Å². The molecule has 0 saturated carbocycles. The van der Waals surface area contributed by atoms with Crippen LogP contribution in [-0.2, 0) is 11.3 Å². The third-order valence-electron chi connectivity index (χ3n) is 4.95. The molecule has 0 aromatic heterocycles. The van der Waals surface area contributed by atoms with E-state index in [0.29, 0.717) is 0 Å². The van der Waals surface area contributed by atoms with Crippen LogP contribution >= 0.6 is 0 Å². The number of amides is 1. The van der Waals surface area contributed by atoms with E-state index in [1.54, 1.807) is 0 Å². The molecule has 0 heterocycles. The number of carbonyl (C=O) groups excluding carboxylic acids is 1. The highest BCUT2D eigenvalue weighted by Crippen LogP contribution is 2.28. The number of carbonyl (C=O) groups is 1. The Balaban J connectivity index is 1.67. The SMILES string of the molecule is CCCCCNCc1c(OCC(=O)Nc2ccc(C)cc2)ccc2ccccc12. The highest BCUT2D eigenvalue weighted by Gasteiger charge is 2.11. The second kappa shape index (κ2) is 10.6. The maximum atomic E-state index is 12.3. The lowest BCUT2D eigenvalue weighted by molar-refractivity contribution is -0.118. The van der Waals surface area contributed by atoms with E-state index >= 15 is 0 Å². The Morgan fingerprint density at radius 1 is 0.966 bits per heavy atom. The molecule has 3 aromatic rings. The van der Waals surface area contributed by atoms with E-state index in [-0.39, 0.29) is 12.5 Å². The van der Waals surface area contributed by atoms with E-state index in [4.69, 9.17) is 4.74 Å². The average Bonchev–Trinajstić information content (AvgIpc) is 2.74. The predicted octanol–water partition coefficient (Wildman–Crippen LogP) is 5.45. The molecule has 0 bridgehead atoms. The van der Waals surface area contributed by atoms with E-state index < -0.39 is 0 Å². The summed E-state index contributed by atoms with van der Waals surface area (Å²) in [6.07, 6.45) is 3.60. The van der Waals surface area contributed by atoms with Gasteiger partial charge in [0, 0.05) is 17.8 Å². The number of unbranched alkanes of at least 4 members (excludes halogenated alkanes) is 2. The van der Waals surface area contributed by atoms with E-state index in [1.807, 2.05) is 55.5 Å². The van der Waals surface area contributed by atoms with Crippen LogP contribution in [0.5, 0.6) is 5.75 Å².